The highest BCUT2D eigenvalue weighted by Crippen LogP contribution is 2.44. The lowest BCUT2D eigenvalue weighted by atomic mass is 9.78. The first-order chi connectivity index (χ1) is 28.4. The molecular formula is C43H50N8O8. The van der Waals surface area contributed by atoms with Gasteiger partial charge in [-0.3, -0.25) is 39.1 Å². The van der Waals surface area contributed by atoms with Crippen molar-refractivity contribution >= 4 is 35.3 Å². The van der Waals surface area contributed by atoms with E-state index in [2.05, 4.69) is 25.3 Å². The van der Waals surface area contributed by atoms with Gasteiger partial charge in [-0.2, -0.15) is 0 Å². The molecule has 6 aliphatic rings. The fourth-order valence-electron chi connectivity index (χ4n) is 10.3. The van der Waals surface area contributed by atoms with Crippen LogP contribution in [0.5, 0.6) is 11.5 Å². The van der Waals surface area contributed by atoms with E-state index in [0.29, 0.717) is 42.1 Å². The molecule has 1 unspecified atom stereocenters. The van der Waals surface area contributed by atoms with Crippen LogP contribution in [0.1, 0.15) is 56.7 Å². The highest BCUT2D eigenvalue weighted by Gasteiger charge is 2.49. The van der Waals surface area contributed by atoms with Gasteiger partial charge >= 0.3 is 6.03 Å². The van der Waals surface area contributed by atoms with Crippen molar-refractivity contribution in [3.05, 3.63) is 74.7 Å². The predicted molar refractivity (Wildman–Crippen MR) is 216 cm³/mol. The minimum Gasteiger partial charge on any atom is -0.496 e. The van der Waals surface area contributed by atoms with Crippen LogP contribution in [0.15, 0.2) is 41.3 Å². The van der Waals surface area contributed by atoms with Gasteiger partial charge in [0.05, 0.1) is 37.5 Å². The van der Waals surface area contributed by atoms with Gasteiger partial charge in [0, 0.05) is 108 Å². The number of methoxy groups -OCH3 is 2. The van der Waals surface area contributed by atoms with Gasteiger partial charge in [-0.1, -0.05) is 0 Å². The largest absolute Gasteiger partial charge is 0.496 e. The molecule has 16 heteroatoms. The van der Waals surface area contributed by atoms with Crippen LogP contribution in [-0.4, -0.2) is 133 Å². The molecule has 4 saturated heterocycles. The van der Waals surface area contributed by atoms with E-state index in [1.54, 1.807) is 49.9 Å². The Balaban J connectivity index is 0.799. The third-order valence-electron chi connectivity index (χ3n) is 13.3. The summed E-state index contributed by atoms with van der Waals surface area (Å²) in [4.78, 5) is 86.2. The molecule has 310 valence electrons. The number of benzene rings is 2. The molecule has 1 atom stereocenters. The smallest absolute Gasteiger partial charge is 0.317 e. The van der Waals surface area contributed by atoms with Gasteiger partial charge in [-0.05, 0) is 66.6 Å². The number of hydrogen-bond acceptors (Lipinski definition) is 11. The van der Waals surface area contributed by atoms with Gasteiger partial charge in [-0.15, -0.1) is 0 Å². The average Bonchev–Trinajstić information content (AvgIpc) is 3.76. The van der Waals surface area contributed by atoms with E-state index in [0.717, 1.165) is 96.6 Å². The topological polar surface area (TPSA) is 166 Å². The van der Waals surface area contributed by atoms with Crippen molar-refractivity contribution in [2.75, 3.05) is 78.5 Å². The highest BCUT2D eigenvalue weighted by atomic mass is 16.5. The van der Waals surface area contributed by atoms with Gasteiger partial charge in [0.15, 0.2) is 0 Å². The predicted octanol–water partition coefficient (Wildman–Crippen LogP) is 1.81. The van der Waals surface area contributed by atoms with Gasteiger partial charge in [0.1, 0.15) is 17.5 Å². The van der Waals surface area contributed by atoms with Crippen molar-refractivity contribution in [3.8, 4) is 22.6 Å². The Morgan fingerprint density at radius 3 is 2.31 bits per heavy atom. The lowest BCUT2D eigenvalue weighted by molar-refractivity contribution is -0.136. The Morgan fingerprint density at radius 2 is 1.61 bits per heavy atom. The number of anilines is 1. The molecule has 4 fully saturated rings. The van der Waals surface area contributed by atoms with E-state index in [4.69, 9.17) is 9.47 Å². The fourth-order valence-corrected chi connectivity index (χ4v) is 10.3. The van der Waals surface area contributed by atoms with Crippen molar-refractivity contribution in [2.45, 2.75) is 44.8 Å². The van der Waals surface area contributed by atoms with E-state index in [1.165, 1.54) is 0 Å². The lowest BCUT2D eigenvalue weighted by Gasteiger charge is -2.51. The Morgan fingerprint density at radius 1 is 0.881 bits per heavy atom. The molecule has 6 amide bonds. The van der Waals surface area contributed by atoms with Gasteiger partial charge < -0.3 is 34.1 Å². The summed E-state index contributed by atoms with van der Waals surface area (Å²) in [5.74, 6) is 0.0520. The maximum atomic E-state index is 13.4. The number of rotatable bonds is 9. The van der Waals surface area contributed by atoms with E-state index in [9.17, 15) is 28.8 Å². The molecule has 1 spiro atoms. The van der Waals surface area contributed by atoms with Crippen LogP contribution in [0.2, 0.25) is 0 Å². The molecule has 3 aromatic rings. The van der Waals surface area contributed by atoms with Crippen molar-refractivity contribution in [1.82, 2.24) is 34.8 Å². The number of urea groups is 1. The molecule has 7 heterocycles. The zero-order valence-electron chi connectivity index (χ0n) is 34.0. The lowest BCUT2D eigenvalue weighted by Crippen LogP contribution is -2.61. The zero-order valence-corrected chi connectivity index (χ0v) is 34.0. The number of carbonyl (C=O) groups excluding carboxylic acids is 5. The number of aryl methyl sites for hydroxylation is 1. The van der Waals surface area contributed by atoms with Crippen LogP contribution in [0.25, 0.3) is 11.1 Å². The molecule has 1 aromatic heterocycles. The number of imide groups is 2. The summed E-state index contributed by atoms with van der Waals surface area (Å²) in [6.45, 7) is 8.23. The number of piperidine rings is 1. The van der Waals surface area contributed by atoms with Crippen LogP contribution < -0.4 is 30.6 Å². The quantitative estimate of drug-likeness (QED) is 0.303. The first-order valence-corrected chi connectivity index (χ1v) is 20.4. The molecule has 9 rings (SSSR count). The summed E-state index contributed by atoms with van der Waals surface area (Å²) in [6.07, 6.45) is 3.72. The first-order valence-electron chi connectivity index (χ1n) is 20.4. The molecule has 0 saturated carbocycles. The minimum atomic E-state index is -0.975. The van der Waals surface area contributed by atoms with Crippen LogP contribution in [0, 0.1) is 11.3 Å². The number of likely N-dealkylation sites (tertiary alicyclic amines) is 2. The number of fused-ring (bicyclic) bond motifs is 2. The van der Waals surface area contributed by atoms with Crippen molar-refractivity contribution < 1.29 is 33.4 Å². The van der Waals surface area contributed by atoms with E-state index in [1.807, 2.05) is 24.4 Å². The summed E-state index contributed by atoms with van der Waals surface area (Å²) in [5.41, 5.74) is 6.00. The number of nitrogens with zero attached hydrogens (tertiary/aromatic N) is 6. The van der Waals surface area contributed by atoms with E-state index in [-0.39, 0.29) is 36.4 Å². The summed E-state index contributed by atoms with van der Waals surface area (Å²) in [5, 5.41) is 4.92. The molecular weight excluding hydrogens is 757 g/mol. The normalized spacial score (nSPS) is 21.6. The summed E-state index contributed by atoms with van der Waals surface area (Å²) < 4.78 is 13.5. The van der Waals surface area contributed by atoms with Crippen LogP contribution in [0.3, 0.4) is 0 Å². The Kier molecular flexibility index (Phi) is 9.74. The second kappa shape index (κ2) is 14.8. The molecule has 16 nitrogen and oxygen atoms in total. The minimum absolute atomic E-state index is 0.0906. The fraction of sp³-hybridized carbons (Fsp3) is 0.488. The maximum Gasteiger partial charge on any atom is 0.317 e. The first kappa shape index (κ1) is 38.8. The van der Waals surface area contributed by atoms with E-state index >= 15 is 0 Å². The molecule has 2 aromatic carbocycles. The summed E-state index contributed by atoms with van der Waals surface area (Å²) in [6, 6.07) is 8.27. The molecule has 59 heavy (non-hydrogen) atoms. The Labute approximate surface area is 342 Å². The molecule has 0 aliphatic carbocycles. The monoisotopic (exact) mass is 806 g/mol. The number of amides is 6. The maximum absolute atomic E-state index is 13.4. The number of ether oxygens (including phenoxy) is 2. The number of nitrogens with one attached hydrogen (secondary N) is 2. The number of carbonyl (C=O) groups is 5. The number of aromatic nitrogens is 1. The SMILES string of the molecule is CNC(=O)N1CCc2c(-c3cc(OC)c(CN4CC(CN5CC6(CCN(c7ccc8c(c7)C(=O)N(C7CCC(=O)NC7=O)C8=O)C6)C5)C4)c(OC)c3)cn(C)c(=O)c2C1. The van der Waals surface area contributed by atoms with Gasteiger partial charge in [0.2, 0.25) is 11.8 Å². The summed E-state index contributed by atoms with van der Waals surface area (Å²) in [7, 11) is 6.68. The van der Waals surface area contributed by atoms with Gasteiger partial charge in [0.25, 0.3) is 17.4 Å². The Hall–Kier alpha value is -5.74. The van der Waals surface area contributed by atoms with Crippen LogP contribution >= 0.6 is 0 Å². The average molecular weight is 807 g/mol. The second-order valence-electron chi connectivity index (χ2n) is 17.1. The third-order valence-corrected chi connectivity index (χ3v) is 13.3. The van der Waals surface area contributed by atoms with Crippen molar-refractivity contribution in [3.63, 3.8) is 0 Å². The molecule has 0 radical (unpaired) electrons. The second-order valence-corrected chi connectivity index (χ2v) is 17.1. The van der Waals surface area contributed by atoms with E-state index < -0.39 is 29.7 Å². The number of pyridine rings is 1. The number of hydrogen-bond donors (Lipinski definition) is 2. The zero-order chi connectivity index (χ0) is 41.3. The standard InChI is InChI=1S/C43H50N8O8/c1-44-42(57)49-11-9-28-31(19-46(2)39(54)32(28)21-49)26-13-35(58-3)33(36(14-26)59-4)20-47-16-25(17-47)18-48-22-43(23-48)10-12-50(24-43)27-5-6-29-30(15-27)41(56)51(40(29)55)34-7-8-37(52)45-38(34)53/h5-6,13-15,19,25,34H,7-12,16-18,20-24H2,1-4H3,(H,44,57)(H,45,52,53). The van der Waals surface area contributed by atoms with Crippen LogP contribution in [-0.2, 0) is 36.1 Å². The van der Waals surface area contributed by atoms with Crippen molar-refractivity contribution in [1.29, 1.82) is 0 Å². The van der Waals surface area contributed by atoms with Crippen LogP contribution in [0.4, 0.5) is 10.5 Å². The highest BCUT2D eigenvalue weighted by molar-refractivity contribution is 6.23. The third kappa shape index (κ3) is 6.71. The van der Waals surface area contributed by atoms with Gasteiger partial charge in [-0.25, -0.2) is 4.79 Å². The molecule has 6 aliphatic heterocycles. The van der Waals surface area contributed by atoms with Crippen molar-refractivity contribution in [2.24, 2.45) is 18.4 Å². The molecule has 0 bridgehead atoms. The Bertz CT molecular complexity index is 2320. The summed E-state index contributed by atoms with van der Waals surface area (Å²) >= 11 is 0. The molecule has 2 N–H and O–H groups in total.